The Morgan fingerprint density at radius 3 is 2.34 bits per heavy atom. The third-order valence-corrected chi connectivity index (χ3v) is 5.89. The summed E-state index contributed by atoms with van der Waals surface area (Å²) < 4.78 is 33.5. The molecule has 0 saturated heterocycles. The fourth-order valence-electron chi connectivity index (χ4n) is 4.20. The highest BCUT2D eigenvalue weighted by Crippen LogP contribution is 2.44. The van der Waals surface area contributed by atoms with Crippen LogP contribution in [0.5, 0.6) is 28.7 Å². The van der Waals surface area contributed by atoms with Crippen LogP contribution in [0, 0.1) is 0 Å². The Morgan fingerprint density at radius 1 is 0.857 bits per heavy atom. The summed E-state index contributed by atoms with van der Waals surface area (Å²) in [6, 6.07) is 21.2. The summed E-state index contributed by atoms with van der Waals surface area (Å²) >= 11 is 0. The van der Waals surface area contributed by atoms with E-state index >= 15 is 0 Å². The molecule has 4 aromatic rings. The van der Waals surface area contributed by atoms with Gasteiger partial charge in [-0.15, -0.1) is 0 Å². The average Bonchev–Trinajstić information content (AvgIpc) is 3.37. The highest BCUT2D eigenvalue weighted by molar-refractivity contribution is 6.03. The van der Waals surface area contributed by atoms with Gasteiger partial charge in [-0.3, -0.25) is 0 Å². The number of carbonyl (C=O) groups is 1. The van der Waals surface area contributed by atoms with Crippen LogP contribution in [-0.2, 0) is 11.3 Å². The number of fused-ring (bicyclic) bond motifs is 2. The zero-order chi connectivity index (χ0) is 24.4. The minimum Gasteiger partial charge on any atom is -0.493 e. The molecule has 35 heavy (non-hydrogen) atoms. The van der Waals surface area contributed by atoms with Crippen molar-refractivity contribution in [3.05, 3.63) is 77.9 Å². The monoisotopic (exact) mass is 472 g/mol. The van der Waals surface area contributed by atoms with Crippen LogP contribution < -0.4 is 23.7 Å². The maximum absolute atomic E-state index is 12.8. The van der Waals surface area contributed by atoms with Crippen LogP contribution in [0.4, 0.5) is 0 Å². The second-order valence-corrected chi connectivity index (χ2v) is 7.89. The number of rotatable bonds is 7. The van der Waals surface area contributed by atoms with E-state index in [1.54, 1.807) is 6.07 Å². The molecule has 0 amide bonds. The third kappa shape index (κ3) is 4.17. The fraction of sp³-hybridized carbons (Fsp3) is 0.179. The maximum Gasteiger partial charge on any atom is 0.342 e. The first kappa shape index (κ1) is 22.4. The summed E-state index contributed by atoms with van der Waals surface area (Å²) in [5.74, 6) is 2.16. The lowest BCUT2D eigenvalue weighted by atomic mass is 9.95. The molecule has 0 radical (unpaired) electrons. The molecule has 0 saturated carbocycles. The van der Waals surface area contributed by atoms with Crippen molar-refractivity contribution in [2.75, 3.05) is 28.1 Å². The first-order valence-electron chi connectivity index (χ1n) is 11.0. The normalized spacial score (nSPS) is 11.9. The molecule has 0 spiro atoms. The van der Waals surface area contributed by atoms with E-state index in [2.05, 4.69) is 0 Å². The number of benzene rings is 4. The molecule has 0 N–H and O–H groups in total. The van der Waals surface area contributed by atoms with Crippen molar-refractivity contribution in [1.82, 2.24) is 0 Å². The standard InChI is InChI=1S/C28H24O7/c1-30-22-10-9-20(26(27(22)31-2)28(29)32-3)18-11-19-13-24-25(35-16-34-24)14-21(19)23(12-18)33-15-17-7-5-4-6-8-17/h4-14H,15-16H2,1-3H3. The van der Waals surface area contributed by atoms with Gasteiger partial charge in [0.25, 0.3) is 0 Å². The number of methoxy groups -OCH3 is 3. The van der Waals surface area contributed by atoms with E-state index in [0.717, 1.165) is 21.9 Å². The number of ether oxygens (including phenoxy) is 6. The lowest BCUT2D eigenvalue weighted by Crippen LogP contribution is -2.08. The second kappa shape index (κ2) is 9.46. The Labute approximate surface area is 202 Å². The van der Waals surface area contributed by atoms with Gasteiger partial charge in [-0.05, 0) is 52.9 Å². The van der Waals surface area contributed by atoms with Crippen molar-refractivity contribution >= 4 is 16.7 Å². The van der Waals surface area contributed by atoms with Gasteiger partial charge in [-0.25, -0.2) is 4.79 Å². The SMILES string of the molecule is COC(=O)c1c(-c2cc(OCc3ccccc3)c3cc4c(cc3c2)OCO4)ccc(OC)c1OC. The molecule has 0 atom stereocenters. The van der Waals surface area contributed by atoms with E-state index in [0.29, 0.717) is 40.9 Å². The van der Waals surface area contributed by atoms with E-state index in [-0.39, 0.29) is 12.4 Å². The molecule has 0 aliphatic carbocycles. The van der Waals surface area contributed by atoms with Crippen LogP contribution in [0.3, 0.4) is 0 Å². The molecule has 0 fully saturated rings. The highest BCUT2D eigenvalue weighted by atomic mass is 16.7. The topological polar surface area (TPSA) is 72.5 Å². The molecule has 0 aromatic heterocycles. The van der Waals surface area contributed by atoms with Crippen molar-refractivity contribution in [1.29, 1.82) is 0 Å². The van der Waals surface area contributed by atoms with Crippen LogP contribution in [0.15, 0.2) is 66.7 Å². The number of hydrogen-bond donors (Lipinski definition) is 0. The van der Waals surface area contributed by atoms with Gasteiger partial charge in [0.1, 0.15) is 17.9 Å². The molecule has 0 bridgehead atoms. The summed E-state index contributed by atoms with van der Waals surface area (Å²) in [7, 11) is 4.34. The van der Waals surface area contributed by atoms with E-state index in [1.807, 2.05) is 60.7 Å². The molecule has 0 unspecified atom stereocenters. The minimum absolute atomic E-state index is 0.168. The summed E-state index contributed by atoms with van der Waals surface area (Å²) in [6.45, 7) is 0.546. The van der Waals surface area contributed by atoms with Gasteiger partial charge in [0.2, 0.25) is 6.79 Å². The average molecular weight is 472 g/mol. The summed E-state index contributed by atoms with van der Waals surface area (Å²) in [5, 5.41) is 1.74. The molecular weight excluding hydrogens is 448 g/mol. The smallest absolute Gasteiger partial charge is 0.342 e. The van der Waals surface area contributed by atoms with Crippen molar-refractivity contribution in [2.24, 2.45) is 0 Å². The van der Waals surface area contributed by atoms with Gasteiger partial charge < -0.3 is 28.4 Å². The lowest BCUT2D eigenvalue weighted by molar-refractivity contribution is 0.0597. The van der Waals surface area contributed by atoms with Crippen LogP contribution in [0.1, 0.15) is 15.9 Å². The van der Waals surface area contributed by atoms with E-state index in [9.17, 15) is 4.79 Å². The van der Waals surface area contributed by atoms with Crippen molar-refractivity contribution < 1.29 is 33.2 Å². The Morgan fingerprint density at radius 2 is 1.63 bits per heavy atom. The Balaban J connectivity index is 1.70. The quantitative estimate of drug-likeness (QED) is 0.323. The summed E-state index contributed by atoms with van der Waals surface area (Å²) in [6.07, 6.45) is 0. The number of esters is 1. The van der Waals surface area contributed by atoms with Gasteiger partial charge >= 0.3 is 5.97 Å². The lowest BCUT2D eigenvalue weighted by Gasteiger charge is -2.17. The first-order chi connectivity index (χ1) is 17.1. The first-order valence-corrected chi connectivity index (χ1v) is 11.0. The Hall–Kier alpha value is -4.39. The van der Waals surface area contributed by atoms with E-state index < -0.39 is 5.97 Å². The van der Waals surface area contributed by atoms with Crippen LogP contribution in [-0.4, -0.2) is 34.1 Å². The van der Waals surface area contributed by atoms with Gasteiger partial charge in [0, 0.05) is 10.9 Å². The number of carbonyl (C=O) groups excluding carboxylic acids is 1. The van der Waals surface area contributed by atoms with Crippen molar-refractivity contribution in [2.45, 2.75) is 6.61 Å². The molecule has 1 heterocycles. The largest absolute Gasteiger partial charge is 0.493 e. The van der Waals surface area contributed by atoms with Gasteiger partial charge in [-0.1, -0.05) is 30.3 Å². The molecular formula is C28H24O7. The van der Waals surface area contributed by atoms with Crippen LogP contribution in [0.25, 0.3) is 21.9 Å². The Bertz CT molecular complexity index is 1400. The third-order valence-electron chi connectivity index (χ3n) is 5.89. The zero-order valence-corrected chi connectivity index (χ0v) is 19.6. The maximum atomic E-state index is 12.8. The second-order valence-electron chi connectivity index (χ2n) is 7.89. The van der Waals surface area contributed by atoms with Gasteiger partial charge in [0.15, 0.2) is 23.0 Å². The van der Waals surface area contributed by atoms with Crippen LogP contribution >= 0.6 is 0 Å². The number of hydrogen-bond acceptors (Lipinski definition) is 7. The molecule has 4 aromatic carbocycles. The molecule has 7 nitrogen and oxygen atoms in total. The minimum atomic E-state index is -0.534. The van der Waals surface area contributed by atoms with Crippen LogP contribution in [0.2, 0.25) is 0 Å². The predicted octanol–water partition coefficient (Wildman–Crippen LogP) is 5.62. The Kier molecular flexibility index (Phi) is 6.06. The van der Waals surface area contributed by atoms with E-state index in [4.69, 9.17) is 28.4 Å². The molecule has 178 valence electrons. The van der Waals surface area contributed by atoms with Crippen molar-refractivity contribution in [3.8, 4) is 39.9 Å². The molecule has 7 heteroatoms. The highest BCUT2D eigenvalue weighted by Gasteiger charge is 2.25. The predicted molar refractivity (Wildman–Crippen MR) is 131 cm³/mol. The van der Waals surface area contributed by atoms with Crippen molar-refractivity contribution in [3.63, 3.8) is 0 Å². The zero-order valence-electron chi connectivity index (χ0n) is 19.6. The van der Waals surface area contributed by atoms with E-state index in [1.165, 1.54) is 21.3 Å². The van der Waals surface area contributed by atoms with Gasteiger partial charge in [-0.2, -0.15) is 0 Å². The molecule has 1 aliphatic rings. The summed E-state index contributed by atoms with van der Waals surface area (Å²) in [5.41, 5.74) is 2.68. The summed E-state index contributed by atoms with van der Waals surface area (Å²) in [4.78, 5) is 12.8. The molecule has 1 aliphatic heterocycles. The molecule has 5 rings (SSSR count). The van der Waals surface area contributed by atoms with Gasteiger partial charge in [0.05, 0.1) is 21.3 Å². The fourth-order valence-corrected chi connectivity index (χ4v) is 4.20.